The molecule has 2 aliphatic rings. The van der Waals surface area contributed by atoms with Gasteiger partial charge in [-0.1, -0.05) is 30.3 Å². The van der Waals surface area contributed by atoms with E-state index >= 15 is 0 Å². The van der Waals surface area contributed by atoms with Crippen molar-refractivity contribution in [1.29, 1.82) is 0 Å². The molecule has 2 atom stereocenters. The third-order valence-corrected chi connectivity index (χ3v) is 5.57. The molecular formula is C21H26F3N7O5. The van der Waals surface area contributed by atoms with Crippen molar-refractivity contribution in [2.45, 2.75) is 31.2 Å². The molecule has 0 bridgehead atoms. The standard InChI is InChI=1S/C19H25N7O3.C2HF3O2/c1-24-12-15(11-17(24)28)20-16(27)13-26-19(21-22-23-26)18(14-5-3-2-4-6-14)25-7-9-29-10-8-25;3-2(4,5)1(6)7/h2-6,15,18H,7-13H2,1H3,(H,20,27);(H,6,7). The number of ether oxygens (including phenoxy) is 1. The number of likely N-dealkylation sites (tertiary alicyclic amines) is 1. The average Bonchev–Trinajstić information content (AvgIpc) is 3.40. The second-order valence-electron chi connectivity index (χ2n) is 8.20. The minimum Gasteiger partial charge on any atom is -0.475 e. The fourth-order valence-corrected chi connectivity index (χ4v) is 3.88. The number of benzene rings is 1. The maximum atomic E-state index is 12.6. The van der Waals surface area contributed by atoms with Gasteiger partial charge in [0.25, 0.3) is 0 Å². The van der Waals surface area contributed by atoms with Gasteiger partial charge < -0.3 is 20.1 Å². The van der Waals surface area contributed by atoms with Crippen molar-refractivity contribution >= 4 is 17.8 Å². The van der Waals surface area contributed by atoms with Crippen LogP contribution in [0.15, 0.2) is 30.3 Å². The molecular weight excluding hydrogens is 487 g/mol. The third kappa shape index (κ3) is 7.21. The lowest BCUT2D eigenvalue weighted by atomic mass is 10.0. The highest BCUT2D eigenvalue weighted by molar-refractivity contribution is 5.81. The van der Waals surface area contributed by atoms with Gasteiger partial charge in [-0.25, -0.2) is 9.48 Å². The van der Waals surface area contributed by atoms with Crippen LogP contribution in [0.2, 0.25) is 0 Å². The molecule has 12 nitrogen and oxygen atoms in total. The molecule has 15 heteroatoms. The van der Waals surface area contributed by atoms with Gasteiger partial charge in [0.15, 0.2) is 5.82 Å². The molecule has 36 heavy (non-hydrogen) atoms. The number of hydrogen-bond acceptors (Lipinski definition) is 8. The first-order chi connectivity index (χ1) is 17.1. The number of carboxylic acids is 1. The molecule has 2 saturated heterocycles. The number of hydrogen-bond donors (Lipinski definition) is 2. The Bertz CT molecular complexity index is 1040. The number of carboxylic acid groups (broad SMARTS) is 1. The third-order valence-electron chi connectivity index (χ3n) is 5.57. The van der Waals surface area contributed by atoms with Gasteiger partial charge in [0.2, 0.25) is 11.8 Å². The summed E-state index contributed by atoms with van der Waals surface area (Å²) in [6, 6.07) is 9.68. The summed E-state index contributed by atoms with van der Waals surface area (Å²) in [7, 11) is 1.74. The van der Waals surface area contributed by atoms with Gasteiger partial charge in [-0.2, -0.15) is 13.2 Å². The number of amides is 2. The van der Waals surface area contributed by atoms with E-state index in [-0.39, 0.29) is 30.4 Å². The van der Waals surface area contributed by atoms with Crippen LogP contribution in [0.3, 0.4) is 0 Å². The van der Waals surface area contributed by atoms with Crippen LogP contribution < -0.4 is 5.32 Å². The Hall–Kier alpha value is -3.59. The highest BCUT2D eigenvalue weighted by atomic mass is 19.4. The number of nitrogens with zero attached hydrogens (tertiary/aromatic N) is 6. The number of carbonyl (C=O) groups excluding carboxylic acids is 2. The predicted octanol–water partition coefficient (Wildman–Crippen LogP) is 0.0749. The van der Waals surface area contributed by atoms with E-state index in [0.717, 1.165) is 18.7 Å². The van der Waals surface area contributed by atoms with Crippen LogP contribution in [0.25, 0.3) is 0 Å². The Balaban J connectivity index is 0.000000454. The van der Waals surface area contributed by atoms with E-state index in [2.05, 4.69) is 25.7 Å². The molecule has 2 amide bonds. The molecule has 4 rings (SSSR count). The van der Waals surface area contributed by atoms with E-state index in [1.165, 1.54) is 0 Å². The maximum Gasteiger partial charge on any atom is 0.490 e. The van der Waals surface area contributed by atoms with E-state index in [0.29, 0.717) is 32.0 Å². The van der Waals surface area contributed by atoms with E-state index in [4.69, 9.17) is 14.6 Å². The number of halogens is 3. The number of rotatable bonds is 6. The fourth-order valence-electron chi connectivity index (χ4n) is 3.88. The second-order valence-corrected chi connectivity index (χ2v) is 8.20. The summed E-state index contributed by atoms with van der Waals surface area (Å²) >= 11 is 0. The summed E-state index contributed by atoms with van der Waals surface area (Å²) in [5.74, 6) is -2.31. The Morgan fingerprint density at radius 1 is 1.22 bits per heavy atom. The van der Waals surface area contributed by atoms with Crippen molar-refractivity contribution in [2.24, 2.45) is 0 Å². The van der Waals surface area contributed by atoms with E-state index < -0.39 is 12.1 Å². The minimum atomic E-state index is -5.08. The summed E-state index contributed by atoms with van der Waals surface area (Å²) in [6.45, 7) is 3.34. The van der Waals surface area contributed by atoms with E-state index in [1.54, 1.807) is 16.6 Å². The summed E-state index contributed by atoms with van der Waals surface area (Å²) in [5.41, 5.74) is 1.06. The number of tetrazole rings is 1. The highest BCUT2D eigenvalue weighted by Crippen LogP contribution is 2.27. The topological polar surface area (TPSA) is 143 Å². The zero-order valence-electron chi connectivity index (χ0n) is 19.4. The van der Waals surface area contributed by atoms with Gasteiger partial charge in [-0.3, -0.25) is 14.5 Å². The minimum absolute atomic E-state index is 0.00438. The zero-order chi connectivity index (χ0) is 26.3. The van der Waals surface area contributed by atoms with Gasteiger partial charge in [-0.05, 0) is 16.0 Å². The average molecular weight is 513 g/mol. The molecule has 2 N–H and O–H groups in total. The molecule has 3 heterocycles. The molecule has 1 aromatic heterocycles. The lowest BCUT2D eigenvalue weighted by molar-refractivity contribution is -0.192. The number of likely N-dealkylation sites (N-methyl/N-ethyl adjacent to an activating group) is 1. The molecule has 196 valence electrons. The number of nitrogens with one attached hydrogen (secondary N) is 1. The van der Waals surface area contributed by atoms with Gasteiger partial charge >= 0.3 is 12.1 Å². The monoisotopic (exact) mass is 513 g/mol. The maximum absolute atomic E-state index is 12.6. The number of morpholine rings is 1. The molecule has 2 aromatic rings. The first-order valence-corrected chi connectivity index (χ1v) is 11.0. The molecule has 0 aliphatic carbocycles. The van der Waals surface area contributed by atoms with Crippen LogP contribution >= 0.6 is 0 Å². The van der Waals surface area contributed by atoms with E-state index in [9.17, 15) is 22.8 Å². The number of aliphatic carboxylic acids is 1. The Kier molecular flexibility index (Phi) is 8.93. The molecule has 0 radical (unpaired) electrons. The van der Waals surface area contributed by atoms with E-state index in [1.807, 2.05) is 30.3 Å². The Morgan fingerprint density at radius 3 is 2.42 bits per heavy atom. The van der Waals surface area contributed by atoms with Crippen molar-refractivity contribution in [2.75, 3.05) is 39.9 Å². The predicted molar refractivity (Wildman–Crippen MR) is 116 cm³/mol. The number of carbonyl (C=O) groups is 3. The van der Waals surface area contributed by atoms with Gasteiger partial charge in [0.1, 0.15) is 6.54 Å². The van der Waals surface area contributed by atoms with Crippen LogP contribution in [0.5, 0.6) is 0 Å². The Labute approximate surface area is 204 Å². The SMILES string of the molecule is CN1CC(NC(=O)Cn2nnnc2C(c2ccccc2)N2CCOCC2)CC1=O.O=C(O)C(F)(F)F. The van der Waals surface area contributed by atoms with Gasteiger partial charge in [0.05, 0.1) is 25.3 Å². The summed E-state index contributed by atoms with van der Waals surface area (Å²) in [4.78, 5) is 37.0. The summed E-state index contributed by atoms with van der Waals surface area (Å²) in [6.07, 6.45) is -4.76. The van der Waals surface area contributed by atoms with Crippen LogP contribution in [-0.2, 0) is 25.7 Å². The molecule has 1 aromatic carbocycles. The summed E-state index contributed by atoms with van der Waals surface area (Å²) < 4.78 is 38.8. The molecule has 0 saturated carbocycles. The van der Waals surface area contributed by atoms with Crippen molar-refractivity contribution in [1.82, 2.24) is 35.3 Å². The number of aromatic nitrogens is 4. The first-order valence-electron chi connectivity index (χ1n) is 11.0. The quantitative estimate of drug-likeness (QED) is 0.549. The van der Waals surface area contributed by atoms with Crippen molar-refractivity contribution in [3.05, 3.63) is 41.7 Å². The second kappa shape index (κ2) is 11.9. The summed E-state index contributed by atoms with van der Waals surface area (Å²) in [5, 5.41) is 22.2. The smallest absolute Gasteiger partial charge is 0.475 e. The lowest BCUT2D eigenvalue weighted by Crippen LogP contribution is -2.42. The highest BCUT2D eigenvalue weighted by Gasteiger charge is 2.38. The fraction of sp³-hybridized carbons (Fsp3) is 0.524. The normalized spacial score (nSPS) is 19.4. The van der Waals surface area contributed by atoms with Crippen molar-refractivity contribution in [3.8, 4) is 0 Å². The van der Waals surface area contributed by atoms with Crippen LogP contribution in [0, 0.1) is 0 Å². The molecule has 2 fully saturated rings. The van der Waals surface area contributed by atoms with Crippen molar-refractivity contribution in [3.63, 3.8) is 0 Å². The van der Waals surface area contributed by atoms with Crippen molar-refractivity contribution < 1.29 is 37.4 Å². The zero-order valence-corrected chi connectivity index (χ0v) is 19.4. The Morgan fingerprint density at radius 2 is 1.86 bits per heavy atom. The largest absolute Gasteiger partial charge is 0.490 e. The lowest BCUT2D eigenvalue weighted by Gasteiger charge is -2.33. The van der Waals surface area contributed by atoms with Crippen LogP contribution in [-0.4, -0.2) is 105 Å². The number of alkyl halides is 3. The van der Waals surface area contributed by atoms with Crippen LogP contribution in [0.4, 0.5) is 13.2 Å². The van der Waals surface area contributed by atoms with Gasteiger partial charge in [-0.15, -0.1) is 5.10 Å². The first kappa shape index (κ1) is 27.0. The molecule has 0 spiro atoms. The van der Waals surface area contributed by atoms with Gasteiger partial charge in [0, 0.05) is 33.1 Å². The van der Waals surface area contributed by atoms with Crippen LogP contribution in [0.1, 0.15) is 23.9 Å². The molecule has 2 unspecified atom stereocenters. The molecule has 2 aliphatic heterocycles.